The van der Waals surface area contributed by atoms with Gasteiger partial charge in [-0.05, 0) is 19.3 Å². The second-order valence-electron chi connectivity index (χ2n) is 4.60. The Hall–Kier alpha value is -2.38. The molecule has 1 aliphatic rings. The van der Waals surface area contributed by atoms with Gasteiger partial charge in [-0.25, -0.2) is 4.79 Å². The zero-order chi connectivity index (χ0) is 14.4. The fourth-order valence-electron chi connectivity index (χ4n) is 2.01. The van der Waals surface area contributed by atoms with Crippen molar-refractivity contribution < 1.29 is 9.72 Å². The number of nitro groups is 1. The normalized spacial score (nSPS) is 17.7. The first-order chi connectivity index (χ1) is 9.65. The third kappa shape index (κ3) is 4.08. The molecule has 2 rings (SSSR count). The average Bonchev–Trinajstić information content (AvgIpc) is 2.89. The van der Waals surface area contributed by atoms with Crippen LogP contribution < -0.4 is 10.6 Å². The lowest BCUT2D eigenvalue weighted by Crippen LogP contribution is -2.43. The van der Waals surface area contributed by atoms with Crippen LogP contribution >= 0.6 is 0 Å². The number of nitrogens with one attached hydrogen (secondary N) is 2. The smallest absolute Gasteiger partial charge is 0.315 e. The maximum atomic E-state index is 11.6. The van der Waals surface area contributed by atoms with E-state index in [0.29, 0.717) is 13.1 Å². The maximum Gasteiger partial charge on any atom is 0.315 e. The van der Waals surface area contributed by atoms with E-state index in [0.717, 1.165) is 19.3 Å². The van der Waals surface area contributed by atoms with E-state index >= 15 is 0 Å². The highest BCUT2D eigenvalue weighted by atomic mass is 16.6. The summed E-state index contributed by atoms with van der Waals surface area (Å²) in [6, 6.07) is -0.0299. The Labute approximate surface area is 116 Å². The molecule has 0 saturated carbocycles. The SMILES string of the molecule is O=C(NCCn1cc([N+](=O)[O-])cn1)N[C@@H]1CC=CCC1. The first-order valence-electron chi connectivity index (χ1n) is 6.51. The first kappa shape index (κ1) is 14.0. The van der Waals surface area contributed by atoms with E-state index in [2.05, 4.69) is 27.9 Å². The molecule has 20 heavy (non-hydrogen) atoms. The minimum atomic E-state index is -0.500. The fraction of sp³-hybridized carbons (Fsp3) is 0.500. The van der Waals surface area contributed by atoms with Crippen molar-refractivity contribution in [2.24, 2.45) is 0 Å². The highest BCUT2D eigenvalue weighted by Gasteiger charge is 2.12. The van der Waals surface area contributed by atoms with Crippen LogP contribution in [0.2, 0.25) is 0 Å². The molecular weight excluding hydrogens is 262 g/mol. The Balaban J connectivity index is 1.68. The fourth-order valence-corrected chi connectivity index (χ4v) is 2.01. The Morgan fingerprint density at radius 1 is 1.55 bits per heavy atom. The number of urea groups is 1. The van der Waals surface area contributed by atoms with Crippen LogP contribution in [0.4, 0.5) is 10.5 Å². The summed E-state index contributed by atoms with van der Waals surface area (Å²) in [7, 11) is 0. The van der Waals surface area contributed by atoms with Crippen molar-refractivity contribution in [3.63, 3.8) is 0 Å². The monoisotopic (exact) mass is 279 g/mol. The summed E-state index contributed by atoms with van der Waals surface area (Å²) >= 11 is 0. The number of carbonyl (C=O) groups is 1. The molecule has 1 aromatic rings. The van der Waals surface area contributed by atoms with E-state index in [1.807, 2.05) is 0 Å². The predicted molar refractivity (Wildman–Crippen MR) is 72.2 cm³/mol. The molecule has 0 unspecified atom stereocenters. The molecule has 8 heteroatoms. The number of rotatable bonds is 5. The van der Waals surface area contributed by atoms with Crippen LogP contribution in [-0.4, -0.2) is 33.3 Å². The molecule has 1 heterocycles. The first-order valence-corrected chi connectivity index (χ1v) is 6.51. The van der Waals surface area contributed by atoms with Crippen LogP contribution in [0.1, 0.15) is 19.3 Å². The summed E-state index contributed by atoms with van der Waals surface area (Å²) in [4.78, 5) is 21.6. The van der Waals surface area contributed by atoms with Crippen LogP contribution in [0.25, 0.3) is 0 Å². The lowest BCUT2D eigenvalue weighted by molar-refractivity contribution is -0.385. The molecule has 0 saturated heterocycles. The lowest BCUT2D eigenvalue weighted by Gasteiger charge is -2.19. The summed E-state index contributed by atoms with van der Waals surface area (Å²) < 4.78 is 1.43. The van der Waals surface area contributed by atoms with Crippen molar-refractivity contribution in [3.05, 3.63) is 34.7 Å². The van der Waals surface area contributed by atoms with Crippen LogP contribution in [-0.2, 0) is 6.54 Å². The van der Waals surface area contributed by atoms with E-state index < -0.39 is 4.92 Å². The molecule has 108 valence electrons. The van der Waals surface area contributed by atoms with Crippen LogP contribution in [0, 0.1) is 10.1 Å². The van der Waals surface area contributed by atoms with Gasteiger partial charge < -0.3 is 10.6 Å². The van der Waals surface area contributed by atoms with Crippen LogP contribution in [0.3, 0.4) is 0 Å². The molecule has 0 fully saturated rings. The number of aromatic nitrogens is 2. The van der Waals surface area contributed by atoms with Crippen LogP contribution in [0.15, 0.2) is 24.5 Å². The van der Waals surface area contributed by atoms with Gasteiger partial charge in [0.2, 0.25) is 0 Å². The van der Waals surface area contributed by atoms with Gasteiger partial charge >= 0.3 is 11.7 Å². The summed E-state index contributed by atoms with van der Waals surface area (Å²) in [6.07, 6.45) is 9.51. The summed E-state index contributed by atoms with van der Waals surface area (Å²) in [5.41, 5.74) is -0.0524. The van der Waals surface area contributed by atoms with Crippen molar-refractivity contribution in [3.8, 4) is 0 Å². The third-order valence-corrected chi connectivity index (χ3v) is 3.06. The van der Waals surface area contributed by atoms with Gasteiger partial charge in [-0.3, -0.25) is 14.8 Å². The standard InChI is InChI=1S/C12H17N5O3/c18-12(15-10-4-2-1-3-5-10)13-6-7-16-9-11(8-14-16)17(19)20/h1-2,8-10H,3-7H2,(H2,13,15,18)/t10-/m1/s1. The molecule has 1 aromatic heterocycles. The third-order valence-electron chi connectivity index (χ3n) is 3.06. The van der Waals surface area contributed by atoms with E-state index in [9.17, 15) is 14.9 Å². The van der Waals surface area contributed by atoms with Gasteiger partial charge in [0, 0.05) is 12.6 Å². The van der Waals surface area contributed by atoms with Crippen molar-refractivity contribution in [1.82, 2.24) is 20.4 Å². The van der Waals surface area contributed by atoms with E-state index in [-0.39, 0.29) is 17.8 Å². The number of carbonyl (C=O) groups excluding carboxylic acids is 1. The molecular formula is C12H17N5O3. The number of allylic oxidation sites excluding steroid dienone is 1. The average molecular weight is 279 g/mol. The van der Waals surface area contributed by atoms with Gasteiger partial charge in [0.05, 0.1) is 11.5 Å². The quantitative estimate of drug-likeness (QED) is 0.480. The Bertz CT molecular complexity index is 511. The molecule has 8 nitrogen and oxygen atoms in total. The van der Waals surface area contributed by atoms with Gasteiger partial charge in [-0.1, -0.05) is 12.2 Å². The second kappa shape index (κ2) is 6.69. The topological polar surface area (TPSA) is 102 Å². The van der Waals surface area contributed by atoms with E-state index in [1.54, 1.807) is 0 Å². The zero-order valence-electron chi connectivity index (χ0n) is 11.0. The van der Waals surface area contributed by atoms with E-state index in [1.165, 1.54) is 17.1 Å². The molecule has 1 atom stereocenters. The number of amides is 2. The minimum absolute atomic E-state index is 0.0524. The molecule has 2 N–H and O–H groups in total. The van der Waals surface area contributed by atoms with Crippen molar-refractivity contribution in [1.29, 1.82) is 0 Å². The van der Waals surface area contributed by atoms with Crippen molar-refractivity contribution in [2.75, 3.05) is 6.54 Å². The molecule has 1 aliphatic carbocycles. The minimum Gasteiger partial charge on any atom is -0.336 e. The predicted octanol–water partition coefficient (Wildman–Crippen LogP) is 1.20. The lowest BCUT2D eigenvalue weighted by atomic mass is 10.0. The molecule has 0 aliphatic heterocycles. The largest absolute Gasteiger partial charge is 0.336 e. The van der Waals surface area contributed by atoms with Gasteiger partial charge in [-0.15, -0.1) is 0 Å². The highest BCUT2D eigenvalue weighted by Crippen LogP contribution is 2.10. The van der Waals surface area contributed by atoms with Gasteiger partial charge in [0.15, 0.2) is 0 Å². The molecule has 0 aromatic carbocycles. The Kier molecular flexibility index (Phi) is 4.70. The number of hydrogen-bond acceptors (Lipinski definition) is 4. The molecule has 0 radical (unpaired) electrons. The van der Waals surface area contributed by atoms with Gasteiger partial charge in [0.1, 0.15) is 12.4 Å². The van der Waals surface area contributed by atoms with Gasteiger partial charge in [0.25, 0.3) is 0 Å². The van der Waals surface area contributed by atoms with Crippen LogP contribution in [0.5, 0.6) is 0 Å². The van der Waals surface area contributed by atoms with E-state index in [4.69, 9.17) is 0 Å². The van der Waals surface area contributed by atoms with Gasteiger partial charge in [-0.2, -0.15) is 5.10 Å². The number of nitrogens with zero attached hydrogens (tertiary/aromatic N) is 3. The summed E-state index contributed by atoms with van der Waals surface area (Å²) in [5.74, 6) is 0. The Morgan fingerprint density at radius 2 is 2.40 bits per heavy atom. The zero-order valence-corrected chi connectivity index (χ0v) is 11.0. The summed E-state index contributed by atoms with van der Waals surface area (Å²) in [5, 5.41) is 19.9. The Morgan fingerprint density at radius 3 is 3.05 bits per heavy atom. The second-order valence-corrected chi connectivity index (χ2v) is 4.60. The van der Waals surface area contributed by atoms with Crippen molar-refractivity contribution in [2.45, 2.75) is 31.8 Å². The molecule has 0 spiro atoms. The highest BCUT2D eigenvalue weighted by molar-refractivity contribution is 5.74. The molecule has 0 bridgehead atoms. The van der Waals surface area contributed by atoms with Crippen molar-refractivity contribution >= 4 is 11.7 Å². The maximum absolute atomic E-state index is 11.6. The molecule has 2 amide bonds. The number of hydrogen-bond donors (Lipinski definition) is 2. The summed E-state index contributed by atoms with van der Waals surface area (Å²) in [6.45, 7) is 0.763.